The minimum Gasteiger partial charge on any atom is -0.443 e. The Kier molecular flexibility index (Phi) is 5.58. The van der Waals surface area contributed by atoms with E-state index in [1.54, 1.807) is 6.20 Å². The van der Waals surface area contributed by atoms with E-state index in [2.05, 4.69) is 0 Å². The molecule has 25 heavy (non-hydrogen) atoms. The van der Waals surface area contributed by atoms with E-state index in [4.69, 9.17) is 8.92 Å². The number of carbonyl (C=O) groups excluding carboxylic acids is 1. The van der Waals surface area contributed by atoms with Gasteiger partial charge in [-0.25, -0.2) is 4.79 Å². The summed E-state index contributed by atoms with van der Waals surface area (Å²) in [6, 6.07) is 7.46. The normalized spacial score (nSPS) is 13.8. The van der Waals surface area contributed by atoms with Crippen molar-refractivity contribution in [2.45, 2.75) is 52.2 Å². The van der Waals surface area contributed by atoms with Crippen LogP contribution >= 0.6 is 0 Å². The molecule has 1 heterocycles. The summed E-state index contributed by atoms with van der Waals surface area (Å²) in [6.45, 7) is 7.29. The molecule has 1 aromatic carbocycles. The van der Waals surface area contributed by atoms with Crippen LogP contribution in [0.2, 0.25) is 0 Å². The van der Waals surface area contributed by atoms with Gasteiger partial charge in [0.2, 0.25) is 0 Å². The lowest BCUT2D eigenvalue weighted by atomic mass is 10.1. The van der Waals surface area contributed by atoms with Gasteiger partial charge >= 0.3 is 6.09 Å². The lowest BCUT2D eigenvalue weighted by Gasteiger charge is -2.19. The third-order valence-corrected chi connectivity index (χ3v) is 4.22. The average Bonchev–Trinajstić information content (AvgIpc) is 2.82. The second-order valence-electron chi connectivity index (χ2n) is 7.06. The van der Waals surface area contributed by atoms with Crippen LogP contribution in [0.1, 0.15) is 39.7 Å². The zero-order chi connectivity index (χ0) is 18.8. The maximum atomic E-state index is 12.5. The fourth-order valence-corrected chi connectivity index (χ4v) is 3.31. The first-order valence-corrected chi connectivity index (χ1v) is 10.0. The van der Waals surface area contributed by atoms with E-state index >= 15 is 0 Å². The van der Waals surface area contributed by atoms with Gasteiger partial charge in [-0.3, -0.25) is 8.75 Å². The maximum Gasteiger partial charge on any atom is 0.419 e. The lowest BCUT2D eigenvalue weighted by molar-refractivity contribution is 0.0544. The monoisotopic (exact) mass is 367 g/mol. The van der Waals surface area contributed by atoms with Crippen LogP contribution < -0.4 is 0 Å². The Balaban J connectivity index is 2.40. The van der Waals surface area contributed by atoms with Gasteiger partial charge in [-0.15, -0.1) is 0 Å². The summed E-state index contributed by atoms with van der Waals surface area (Å²) in [5, 5.41) is 0.879. The van der Waals surface area contributed by atoms with E-state index in [-0.39, 0.29) is 0 Å². The zero-order valence-corrected chi connectivity index (χ0v) is 16.1. The molecule has 2 rings (SSSR count). The second-order valence-corrected chi connectivity index (χ2v) is 8.66. The van der Waals surface area contributed by atoms with Crippen LogP contribution in [0.3, 0.4) is 0 Å². The first-order valence-electron chi connectivity index (χ1n) is 8.20. The number of benzene rings is 1. The molecule has 0 saturated heterocycles. The third kappa shape index (κ3) is 5.31. The van der Waals surface area contributed by atoms with E-state index in [1.807, 2.05) is 52.0 Å². The van der Waals surface area contributed by atoms with E-state index in [1.165, 1.54) is 4.57 Å². The van der Waals surface area contributed by atoms with Gasteiger partial charge in [0.1, 0.15) is 5.60 Å². The first-order chi connectivity index (χ1) is 11.5. The fourth-order valence-electron chi connectivity index (χ4n) is 2.61. The minimum atomic E-state index is -3.54. The zero-order valence-electron chi connectivity index (χ0n) is 15.3. The van der Waals surface area contributed by atoms with Crippen LogP contribution in [-0.4, -0.2) is 37.0 Å². The summed E-state index contributed by atoms with van der Waals surface area (Å²) in [4.78, 5) is 12.5. The summed E-state index contributed by atoms with van der Waals surface area (Å²) in [5.74, 6) is 0. The lowest BCUT2D eigenvalue weighted by Crippen LogP contribution is -2.26. The first kappa shape index (κ1) is 19.5. The number of aromatic nitrogens is 1. The largest absolute Gasteiger partial charge is 0.443 e. The van der Waals surface area contributed by atoms with Crippen molar-refractivity contribution in [2.75, 3.05) is 6.26 Å². The molecule has 0 aliphatic heterocycles. The summed E-state index contributed by atoms with van der Waals surface area (Å²) in [7, 11) is -3.54. The van der Waals surface area contributed by atoms with E-state index in [9.17, 15) is 13.2 Å². The number of nitrogens with zero attached hydrogens (tertiary/aromatic N) is 1. The molecule has 0 fully saturated rings. The number of rotatable bonds is 5. The standard InChI is InChI=1S/C18H25NO5S/c1-6-14(24-25(5,21)22)11-13-12-19(17(20)23-18(2,3)4)16-10-8-7-9-15(13)16/h7-10,12,14H,6,11H2,1-5H3/t14-/m1/s1. The van der Waals surface area contributed by atoms with Gasteiger partial charge in [0.05, 0.1) is 17.9 Å². The van der Waals surface area contributed by atoms with Gasteiger partial charge in [-0.2, -0.15) is 8.42 Å². The number of para-hydroxylation sites is 1. The van der Waals surface area contributed by atoms with Gasteiger partial charge in [0, 0.05) is 18.0 Å². The number of hydrogen-bond donors (Lipinski definition) is 0. The quantitative estimate of drug-likeness (QED) is 0.753. The predicted octanol–water partition coefficient (Wildman–Crippen LogP) is 3.72. The van der Waals surface area contributed by atoms with E-state index < -0.39 is 27.9 Å². The van der Waals surface area contributed by atoms with E-state index in [0.29, 0.717) is 12.8 Å². The molecule has 0 aliphatic carbocycles. The molecule has 6 nitrogen and oxygen atoms in total. The van der Waals surface area contributed by atoms with Crippen LogP contribution in [0.4, 0.5) is 4.79 Å². The van der Waals surface area contributed by atoms with Crippen molar-refractivity contribution < 1.29 is 22.1 Å². The van der Waals surface area contributed by atoms with Crippen molar-refractivity contribution in [1.82, 2.24) is 4.57 Å². The Morgan fingerprint density at radius 2 is 1.88 bits per heavy atom. The molecular formula is C18H25NO5S. The van der Waals surface area contributed by atoms with Gasteiger partial charge in [-0.05, 0) is 38.8 Å². The van der Waals surface area contributed by atoms with Crippen LogP contribution in [0, 0.1) is 0 Å². The highest BCUT2D eigenvalue weighted by Gasteiger charge is 2.22. The van der Waals surface area contributed by atoms with Crippen LogP contribution in [-0.2, 0) is 25.5 Å². The van der Waals surface area contributed by atoms with Crippen molar-refractivity contribution in [3.05, 3.63) is 36.0 Å². The van der Waals surface area contributed by atoms with Crippen LogP contribution in [0.25, 0.3) is 10.9 Å². The highest BCUT2D eigenvalue weighted by Crippen LogP contribution is 2.25. The fraction of sp³-hybridized carbons (Fsp3) is 0.500. The molecule has 1 aromatic heterocycles. The molecule has 138 valence electrons. The van der Waals surface area contributed by atoms with Gasteiger partial charge in [0.15, 0.2) is 0 Å². The van der Waals surface area contributed by atoms with Crippen molar-refractivity contribution in [3.8, 4) is 0 Å². The molecular weight excluding hydrogens is 342 g/mol. The number of fused-ring (bicyclic) bond motifs is 1. The Labute approximate surface area is 148 Å². The summed E-state index contributed by atoms with van der Waals surface area (Å²) >= 11 is 0. The smallest absolute Gasteiger partial charge is 0.419 e. The topological polar surface area (TPSA) is 74.6 Å². The maximum absolute atomic E-state index is 12.5. The molecule has 0 spiro atoms. The van der Waals surface area contributed by atoms with Crippen LogP contribution in [0.5, 0.6) is 0 Å². The Hall–Kier alpha value is -1.86. The second kappa shape index (κ2) is 7.17. The molecule has 2 aromatic rings. The van der Waals surface area contributed by atoms with Crippen molar-refractivity contribution in [3.63, 3.8) is 0 Å². The number of hydrogen-bond acceptors (Lipinski definition) is 5. The van der Waals surface area contributed by atoms with Crippen molar-refractivity contribution in [2.24, 2.45) is 0 Å². The average molecular weight is 367 g/mol. The highest BCUT2D eigenvalue weighted by molar-refractivity contribution is 7.86. The number of carbonyl (C=O) groups is 1. The van der Waals surface area contributed by atoms with Crippen LogP contribution in [0.15, 0.2) is 30.5 Å². The molecule has 0 aliphatic rings. The van der Waals surface area contributed by atoms with E-state index in [0.717, 1.165) is 22.7 Å². The van der Waals surface area contributed by atoms with Crippen molar-refractivity contribution in [1.29, 1.82) is 0 Å². The Morgan fingerprint density at radius 3 is 2.44 bits per heavy atom. The third-order valence-electron chi connectivity index (χ3n) is 3.60. The van der Waals surface area contributed by atoms with Gasteiger partial charge in [-0.1, -0.05) is 25.1 Å². The molecule has 0 amide bonds. The molecule has 0 N–H and O–H groups in total. The molecule has 0 radical (unpaired) electrons. The van der Waals surface area contributed by atoms with Gasteiger partial charge in [0.25, 0.3) is 10.1 Å². The molecule has 1 atom stereocenters. The number of ether oxygens (including phenoxy) is 1. The van der Waals surface area contributed by atoms with Gasteiger partial charge < -0.3 is 4.74 Å². The summed E-state index contributed by atoms with van der Waals surface area (Å²) in [6.07, 6.45) is 2.73. The Morgan fingerprint density at radius 1 is 1.24 bits per heavy atom. The summed E-state index contributed by atoms with van der Waals surface area (Å²) in [5.41, 5.74) is 0.964. The molecule has 0 bridgehead atoms. The summed E-state index contributed by atoms with van der Waals surface area (Å²) < 4.78 is 34.9. The Bertz CT molecular complexity index is 861. The van der Waals surface area contributed by atoms with Crippen molar-refractivity contribution >= 4 is 27.1 Å². The minimum absolute atomic E-state index is 0.389. The molecule has 7 heteroatoms. The SMILES string of the molecule is CC[C@H](Cc1cn(C(=O)OC(C)(C)C)c2ccccc12)OS(C)(=O)=O. The highest BCUT2D eigenvalue weighted by atomic mass is 32.2. The molecule has 0 unspecified atom stereocenters. The molecule has 0 saturated carbocycles. The predicted molar refractivity (Wildman–Crippen MR) is 97.3 cm³/mol.